The van der Waals surface area contributed by atoms with Gasteiger partial charge in [0.2, 0.25) is 0 Å². The van der Waals surface area contributed by atoms with Gasteiger partial charge >= 0.3 is 18.9 Å². The number of ether oxygens (including phenoxy) is 2. The number of carboxylic acids is 1. The molecule has 0 unspecified atom stereocenters. The molecule has 1 aromatic carbocycles. The molecule has 0 radical (unpaired) electrons. The molecule has 1 aliphatic rings. The predicted octanol–water partition coefficient (Wildman–Crippen LogP) is -3.83. The third-order valence-electron chi connectivity index (χ3n) is 2.40. The van der Waals surface area contributed by atoms with Crippen molar-refractivity contribution in [2.24, 2.45) is 0 Å². The number of amides is 1. The van der Waals surface area contributed by atoms with Crippen molar-refractivity contribution in [2.45, 2.75) is 0 Å². The summed E-state index contributed by atoms with van der Waals surface area (Å²) in [5.41, 5.74) is 0.409. The molecule has 0 bridgehead atoms. The first kappa shape index (κ1) is 14.4. The van der Waals surface area contributed by atoms with Gasteiger partial charge in [-0.3, -0.25) is 4.79 Å². The Balaban J connectivity index is 0.00000162. The predicted molar refractivity (Wildman–Crippen MR) is 55.8 cm³/mol. The molecule has 1 amide bonds. The molecule has 7 heteroatoms. The van der Waals surface area contributed by atoms with Crippen LogP contribution in [0.15, 0.2) is 18.2 Å². The van der Waals surface area contributed by atoms with E-state index in [2.05, 4.69) is 0 Å². The van der Waals surface area contributed by atoms with E-state index in [9.17, 15) is 14.7 Å². The van der Waals surface area contributed by atoms with Crippen LogP contribution in [-0.4, -0.2) is 32.1 Å². The van der Waals surface area contributed by atoms with Gasteiger partial charge in [0.1, 0.15) is 11.5 Å². The quantitative estimate of drug-likeness (QED) is 0.508. The number of methoxy groups -OCH3 is 1. The fraction of sp³-hybridized carbons (Fsp3) is 0.273. The molecule has 6 nitrogen and oxygen atoms in total. The zero-order valence-electron chi connectivity index (χ0n) is 10.1. The van der Waals surface area contributed by atoms with Gasteiger partial charge in [-0.1, -0.05) is 0 Å². The second kappa shape index (κ2) is 5.80. The van der Waals surface area contributed by atoms with E-state index in [0.29, 0.717) is 17.2 Å². The average molecular weight is 243 g/mol. The zero-order valence-corrected chi connectivity index (χ0v) is 10.1. The first-order valence-corrected chi connectivity index (χ1v) is 4.93. The Morgan fingerprint density at radius 2 is 2.28 bits per heavy atom. The van der Waals surface area contributed by atoms with Crippen LogP contribution in [0, 0.1) is 0 Å². The van der Waals surface area contributed by atoms with E-state index in [1.807, 2.05) is 0 Å². The van der Waals surface area contributed by atoms with Crippen LogP contribution in [0.3, 0.4) is 0 Å². The average Bonchev–Trinajstić information content (AvgIpc) is 2.32. The minimum Gasteiger partial charge on any atom is -0.548 e. The van der Waals surface area contributed by atoms with E-state index in [-0.39, 0.29) is 25.5 Å². The van der Waals surface area contributed by atoms with Crippen molar-refractivity contribution in [1.29, 1.82) is 0 Å². The number of benzene rings is 1. The van der Waals surface area contributed by atoms with Crippen molar-refractivity contribution in [3.63, 3.8) is 0 Å². The van der Waals surface area contributed by atoms with E-state index in [4.69, 9.17) is 9.47 Å². The summed E-state index contributed by atoms with van der Waals surface area (Å²) < 4.78 is 10.2. The molecule has 1 aromatic rings. The maximum Gasteiger partial charge on any atom is 1.00 e. The first-order valence-electron chi connectivity index (χ1n) is 4.93. The van der Waals surface area contributed by atoms with Crippen LogP contribution in [0.5, 0.6) is 11.5 Å². The van der Waals surface area contributed by atoms with Gasteiger partial charge in [-0.05, 0) is 12.1 Å². The smallest absolute Gasteiger partial charge is 0.548 e. The van der Waals surface area contributed by atoms with Gasteiger partial charge in [-0.2, -0.15) is 0 Å². The number of rotatable bonds is 3. The van der Waals surface area contributed by atoms with Crippen LogP contribution in [0.1, 0.15) is 0 Å². The molecule has 1 heterocycles. The second-order valence-corrected chi connectivity index (χ2v) is 3.47. The third kappa shape index (κ3) is 2.78. The van der Waals surface area contributed by atoms with Crippen LogP contribution in [0.2, 0.25) is 0 Å². The zero-order chi connectivity index (χ0) is 12.4. The summed E-state index contributed by atoms with van der Waals surface area (Å²) in [5, 5.41) is 10.6. The molecular weight excluding hydrogens is 233 g/mol. The van der Waals surface area contributed by atoms with Crippen molar-refractivity contribution in [3.05, 3.63) is 18.2 Å². The van der Waals surface area contributed by atoms with Gasteiger partial charge < -0.3 is 24.3 Å². The van der Waals surface area contributed by atoms with Gasteiger partial charge in [-0.15, -0.1) is 0 Å². The molecule has 2 rings (SSSR count). The Morgan fingerprint density at radius 3 is 2.89 bits per heavy atom. The van der Waals surface area contributed by atoms with Gasteiger partial charge in [0.15, 0.2) is 6.61 Å². The number of carbonyl (C=O) groups is 2. The van der Waals surface area contributed by atoms with Crippen LogP contribution in [-0.2, 0) is 9.59 Å². The van der Waals surface area contributed by atoms with Crippen LogP contribution in [0.4, 0.5) is 5.69 Å². The normalized spacial score (nSPS) is 13.2. The van der Waals surface area contributed by atoms with Crippen molar-refractivity contribution < 1.29 is 43.0 Å². The molecule has 0 N–H and O–H groups in total. The number of fused-ring (bicyclic) bond motifs is 1. The molecule has 18 heavy (non-hydrogen) atoms. The summed E-state index contributed by atoms with van der Waals surface area (Å²) in [4.78, 5) is 23.2. The molecule has 0 spiro atoms. The van der Waals surface area contributed by atoms with E-state index in [0.717, 1.165) is 4.90 Å². The number of aliphatic carboxylic acids is 1. The van der Waals surface area contributed by atoms with Gasteiger partial charge in [0.25, 0.3) is 5.91 Å². The van der Waals surface area contributed by atoms with E-state index >= 15 is 0 Å². The summed E-state index contributed by atoms with van der Waals surface area (Å²) in [7, 11) is 1.51. The van der Waals surface area contributed by atoms with Crippen molar-refractivity contribution in [3.8, 4) is 11.5 Å². The number of carboxylic acid groups (broad SMARTS) is 1. The maximum atomic E-state index is 11.5. The Hall–Kier alpha value is -1.64. The Bertz CT molecular complexity index is 477. The van der Waals surface area contributed by atoms with Gasteiger partial charge in [-0.25, -0.2) is 0 Å². The molecule has 0 aliphatic carbocycles. The van der Waals surface area contributed by atoms with E-state index in [1.165, 1.54) is 7.11 Å². The molecule has 0 atom stereocenters. The molecule has 0 saturated heterocycles. The summed E-state index contributed by atoms with van der Waals surface area (Å²) in [6.07, 6.45) is 0. The Kier molecular flexibility index (Phi) is 4.65. The summed E-state index contributed by atoms with van der Waals surface area (Å²) in [6, 6.07) is 4.81. The van der Waals surface area contributed by atoms with Gasteiger partial charge in [0.05, 0.1) is 25.3 Å². The van der Waals surface area contributed by atoms with E-state index in [1.54, 1.807) is 18.2 Å². The fourth-order valence-electron chi connectivity index (χ4n) is 1.61. The van der Waals surface area contributed by atoms with E-state index < -0.39 is 18.4 Å². The number of hydrogen-bond donors (Lipinski definition) is 0. The second-order valence-electron chi connectivity index (χ2n) is 3.47. The number of nitrogens with zero attached hydrogens (tertiary/aromatic N) is 1. The number of hydrogen-bond acceptors (Lipinski definition) is 5. The third-order valence-corrected chi connectivity index (χ3v) is 2.40. The minimum absolute atomic E-state index is 0. The maximum absolute atomic E-state index is 11.5. The van der Waals surface area contributed by atoms with Crippen LogP contribution in [0.25, 0.3) is 0 Å². The largest absolute Gasteiger partial charge is 1.00 e. The SMILES string of the molecule is COc1ccc2c(c1)OCC(=O)N2CC(=O)[O-].[Li+]. The molecule has 0 aromatic heterocycles. The summed E-state index contributed by atoms with van der Waals surface area (Å²) >= 11 is 0. The first-order chi connectivity index (χ1) is 8.11. The monoisotopic (exact) mass is 243 g/mol. The minimum atomic E-state index is -1.32. The molecule has 0 saturated carbocycles. The van der Waals surface area contributed by atoms with Crippen molar-refractivity contribution >= 4 is 17.6 Å². The number of carbonyl (C=O) groups excluding carboxylic acids is 2. The summed E-state index contributed by atoms with van der Waals surface area (Å²) in [6.45, 7) is -0.672. The Morgan fingerprint density at radius 1 is 1.56 bits per heavy atom. The fourth-order valence-corrected chi connectivity index (χ4v) is 1.61. The standard InChI is InChI=1S/C11H11NO5.Li/c1-16-7-2-3-8-9(4-7)17-6-10(13)12(8)5-11(14)15;/h2-4H,5-6H2,1H3,(H,14,15);/q;+1/p-1. The van der Waals surface area contributed by atoms with Crippen LogP contribution < -0.4 is 38.3 Å². The van der Waals surface area contributed by atoms with Crippen molar-refractivity contribution in [1.82, 2.24) is 0 Å². The number of anilines is 1. The molecular formula is C11H10LiNO5. The van der Waals surface area contributed by atoms with Crippen molar-refractivity contribution in [2.75, 3.05) is 25.2 Å². The molecule has 90 valence electrons. The summed E-state index contributed by atoms with van der Waals surface area (Å²) in [5.74, 6) is -0.731. The van der Waals surface area contributed by atoms with Gasteiger partial charge in [0, 0.05) is 6.07 Å². The molecule has 1 aliphatic heterocycles. The Labute approximate surface area is 116 Å². The topological polar surface area (TPSA) is 78.9 Å². The van der Waals surface area contributed by atoms with Crippen LogP contribution >= 0.6 is 0 Å². The molecule has 0 fully saturated rings.